The molecule has 21 heavy (non-hydrogen) atoms. The highest BCUT2D eigenvalue weighted by Gasteiger charge is 2.24. The van der Waals surface area contributed by atoms with Gasteiger partial charge >= 0.3 is 0 Å². The van der Waals surface area contributed by atoms with Crippen LogP contribution >= 0.6 is 11.3 Å². The number of nitrogens with one attached hydrogen (secondary N) is 1. The lowest BCUT2D eigenvalue weighted by Gasteiger charge is -2.10. The lowest BCUT2D eigenvalue weighted by atomic mass is 10.1. The number of amides is 2. The van der Waals surface area contributed by atoms with E-state index >= 15 is 0 Å². The van der Waals surface area contributed by atoms with E-state index in [1.54, 1.807) is 33.2 Å². The lowest BCUT2D eigenvalue weighted by molar-refractivity contribution is 0.0828. The topological polar surface area (TPSA) is 75.4 Å². The standard InChI is InChI=1S/C15H17N3O2S/c1-9-11(15(20)18(2)3)13(16)21-12(9)14(19)17-10-7-5-4-6-8-10/h4-8H,16H2,1-3H3,(H,17,19). The first-order valence-corrected chi connectivity index (χ1v) is 7.20. The van der Waals surface area contributed by atoms with Crippen molar-refractivity contribution in [2.45, 2.75) is 6.92 Å². The molecule has 2 rings (SSSR count). The van der Waals surface area contributed by atoms with Crippen molar-refractivity contribution < 1.29 is 9.59 Å². The minimum Gasteiger partial charge on any atom is -0.390 e. The van der Waals surface area contributed by atoms with Crippen LogP contribution in [0.1, 0.15) is 25.6 Å². The van der Waals surface area contributed by atoms with E-state index in [0.29, 0.717) is 26.7 Å². The van der Waals surface area contributed by atoms with Gasteiger partial charge in [-0.05, 0) is 24.6 Å². The molecule has 5 nitrogen and oxygen atoms in total. The summed E-state index contributed by atoms with van der Waals surface area (Å²) >= 11 is 1.13. The zero-order chi connectivity index (χ0) is 15.6. The second kappa shape index (κ2) is 5.97. The Morgan fingerprint density at radius 2 is 1.81 bits per heavy atom. The zero-order valence-electron chi connectivity index (χ0n) is 12.1. The largest absolute Gasteiger partial charge is 0.390 e. The quantitative estimate of drug-likeness (QED) is 0.915. The highest BCUT2D eigenvalue weighted by molar-refractivity contribution is 7.18. The third kappa shape index (κ3) is 3.05. The van der Waals surface area contributed by atoms with Crippen LogP contribution in [0.3, 0.4) is 0 Å². The van der Waals surface area contributed by atoms with Crippen LogP contribution in [0.4, 0.5) is 10.7 Å². The maximum Gasteiger partial charge on any atom is 0.266 e. The first-order chi connectivity index (χ1) is 9.91. The molecule has 0 fully saturated rings. The summed E-state index contributed by atoms with van der Waals surface area (Å²) in [7, 11) is 3.31. The van der Waals surface area contributed by atoms with Crippen LogP contribution in [0.5, 0.6) is 0 Å². The smallest absolute Gasteiger partial charge is 0.266 e. The Bertz CT molecular complexity index is 678. The van der Waals surface area contributed by atoms with E-state index in [-0.39, 0.29) is 11.8 Å². The summed E-state index contributed by atoms with van der Waals surface area (Å²) in [6.45, 7) is 1.74. The van der Waals surface area contributed by atoms with Gasteiger partial charge in [0.05, 0.1) is 15.4 Å². The van der Waals surface area contributed by atoms with Crippen LogP contribution in [-0.4, -0.2) is 30.8 Å². The summed E-state index contributed by atoms with van der Waals surface area (Å²) in [5.74, 6) is -0.451. The fraction of sp³-hybridized carbons (Fsp3) is 0.200. The number of para-hydroxylation sites is 1. The molecule has 110 valence electrons. The third-order valence-electron chi connectivity index (χ3n) is 3.03. The predicted octanol–water partition coefficient (Wildman–Crippen LogP) is 2.59. The van der Waals surface area contributed by atoms with Crippen molar-refractivity contribution in [1.29, 1.82) is 0 Å². The molecule has 2 amide bonds. The maximum atomic E-state index is 12.3. The van der Waals surface area contributed by atoms with Gasteiger partial charge in [0, 0.05) is 19.8 Å². The molecule has 0 saturated carbocycles. The van der Waals surface area contributed by atoms with Gasteiger partial charge in [0.15, 0.2) is 0 Å². The highest BCUT2D eigenvalue weighted by atomic mass is 32.1. The Morgan fingerprint density at radius 3 is 2.38 bits per heavy atom. The molecule has 0 aliphatic rings. The Labute approximate surface area is 127 Å². The number of rotatable bonds is 3. The normalized spacial score (nSPS) is 10.2. The maximum absolute atomic E-state index is 12.3. The number of carbonyl (C=O) groups excluding carboxylic acids is 2. The van der Waals surface area contributed by atoms with Crippen molar-refractivity contribution in [2.24, 2.45) is 0 Å². The minimum absolute atomic E-state index is 0.194. The van der Waals surface area contributed by atoms with Crippen LogP contribution in [0.15, 0.2) is 30.3 Å². The van der Waals surface area contributed by atoms with E-state index in [0.717, 1.165) is 11.3 Å². The fourth-order valence-corrected chi connectivity index (χ4v) is 2.91. The van der Waals surface area contributed by atoms with Gasteiger partial charge in [-0.25, -0.2) is 0 Å². The average Bonchev–Trinajstić information content (AvgIpc) is 2.74. The summed E-state index contributed by atoms with van der Waals surface area (Å²) in [6, 6.07) is 9.16. The van der Waals surface area contributed by atoms with Crippen molar-refractivity contribution in [3.8, 4) is 0 Å². The van der Waals surface area contributed by atoms with E-state index < -0.39 is 0 Å². The number of carbonyl (C=O) groups is 2. The van der Waals surface area contributed by atoms with E-state index in [1.165, 1.54) is 4.90 Å². The average molecular weight is 303 g/mol. The van der Waals surface area contributed by atoms with Gasteiger partial charge in [0.2, 0.25) is 0 Å². The first-order valence-electron chi connectivity index (χ1n) is 6.38. The van der Waals surface area contributed by atoms with Crippen LogP contribution in [0.2, 0.25) is 0 Å². The molecular weight excluding hydrogens is 286 g/mol. The molecular formula is C15H17N3O2S. The van der Waals surface area contributed by atoms with Gasteiger partial charge in [-0.2, -0.15) is 0 Å². The van der Waals surface area contributed by atoms with Crippen molar-refractivity contribution in [1.82, 2.24) is 4.90 Å². The fourth-order valence-electron chi connectivity index (χ4n) is 1.95. The summed E-state index contributed by atoms with van der Waals surface area (Å²) < 4.78 is 0. The van der Waals surface area contributed by atoms with Crippen molar-refractivity contribution >= 4 is 33.8 Å². The number of anilines is 2. The molecule has 1 heterocycles. The Hall–Kier alpha value is -2.34. The van der Waals surface area contributed by atoms with Gasteiger partial charge in [-0.15, -0.1) is 11.3 Å². The number of nitrogens with two attached hydrogens (primary N) is 1. The number of hydrogen-bond donors (Lipinski definition) is 2. The van der Waals surface area contributed by atoms with Crippen molar-refractivity contribution in [2.75, 3.05) is 25.1 Å². The summed E-state index contributed by atoms with van der Waals surface area (Å²) in [4.78, 5) is 26.3. The number of nitrogen functional groups attached to an aromatic ring is 1. The van der Waals surface area contributed by atoms with E-state index in [4.69, 9.17) is 5.73 Å². The van der Waals surface area contributed by atoms with Gasteiger partial charge in [-0.3, -0.25) is 9.59 Å². The number of benzene rings is 1. The van der Waals surface area contributed by atoms with Gasteiger partial charge in [0.25, 0.3) is 11.8 Å². The molecule has 0 aliphatic carbocycles. The molecule has 0 atom stereocenters. The minimum atomic E-state index is -0.256. The van der Waals surface area contributed by atoms with E-state index in [9.17, 15) is 9.59 Å². The predicted molar refractivity (Wildman–Crippen MR) is 85.9 cm³/mol. The molecule has 0 unspecified atom stereocenters. The Morgan fingerprint density at radius 1 is 1.19 bits per heavy atom. The number of nitrogens with zero attached hydrogens (tertiary/aromatic N) is 1. The van der Waals surface area contributed by atoms with E-state index in [2.05, 4.69) is 5.32 Å². The Balaban J connectivity index is 2.31. The molecule has 1 aromatic carbocycles. The highest BCUT2D eigenvalue weighted by Crippen LogP contribution is 2.31. The second-order valence-corrected chi connectivity index (χ2v) is 5.87. The number of thiophene rings is 1. The summed E-state index contributed by atoms with van der Waals surface area (Å²) in [5, 5.41) is 3.16. The second-order valence-electron chi connectivity index (χ2n) is 4.82. The van der Waals surface area contributed by atoms with E-state index in [1.807, 2.05) is 18.2 Å². The first kappa shape index (κ1) is 15.1. The van der Waals surface area contributed by atoms with Gasteiger partial charge < -0.3 is 16.0 Å². The van der Waals surface area contributed by atoms with Crippen LogP contribution in [-0.2, 0) is 0 Å². The van der Waals surface area contributed by atoms with Gasteiger partial charge in [-0.1, -0.05) is 18.2 Å². The molecule has 1 aromatic heterocycles. The molecule has 0 bridgehead atoms. The lowest BCUT2D eigenvalue weighted by Crippen LogP contribution is -2.23. The third-order valence-corrected chi connectivity index (χ3v) is 4.15. The van der Waals surface area contributed by atoms with Crippen molar-refractivity contribution in [3.05, 3.63) is 46.3 Å². The molecule has 3 N–H and O–H groups in total. The monoisotopic (exact) mass is 303 g/mol. The van der Waals surface area contributed by atoms with Crippen LogP contribution in [0, 0.1) is 6.92 Å². The molecule has 0 spiro atoms. The summed E-state index contributed by atoms with van der Waals surface area (Å²) in [5.41, 5.74) is 7.63. The molecule has 6 heteroatoms. The van der Waals surface area contributed by atoms with Crippen LogP contribution in [0.25, 0.3) is 0 Å². The summed E-state index contributed by atoms with van der Waals surface area (Å²) in [6.07, 6.45) is 0. The molecule has 0 aliphatic heterocycles. The molecule has 2 aromatic rings. The van der Waals surface area contributed by atoms with Crippen LogP contribution < -0.4 is 11.1 Å². The molecule has 0 radical (unpaired) electrons. The van der Waals surface area contributed by atoms with Crippen molar-refractivity contribution in [3.63, 3.8) is 0 Å². The van der Waals surface area contributed by atoms with Gasteiger partial charge in [0.1, 0.15) is 0 Å². The number of hydrogen-bond acceptors (Lipinski definition) is 4. The Kier molecular flexibility index (Phi) is 4.28. The zero-order valence-corrected chi connectivity index (χ0v) is 13.0. The SMILES string of the molecule is Cc1c(C(=O)Nc2ccccc2)sc(N)c1C(=O)N(C)C. The molecule has 0 saturated heterocycles.